The summed E-state index contributed by atoms with van der Waals surface area (Å²) in [7, 11) is 1.56. The van der Waals surface area contributed by atoms with Crippen LogP contribution in [-0.2, 0) is 6.54 Å². The summed E-state index contributed by atoms with van der Waals surface area (Å²) < 4.78 is 12.3. The molecule has 144 valence electrons. The van der Waals surface area contributed by atoms with Gasteiger partial charge in [-0.05, 0) is 62.4 Å². The number of hydrogen-bond acceptors (Lipinski definition) is 6. The largest absolute Gasteiger partial charge is 0.497 e. The minimum atomic E-state index is -0.435. The van der Waals surface area contributed by atoms with Crippen LogP contribution < -0.4 is 4.74 Å². The van der Waals surface area contributed by atoms with Crippen LogP contribution in [0, 0.1) is 24.0 Å². The van der Waals surface area contributed by atoms with Crippen molar-refractivity contribution in [2.75, 3.05) is 7.11 Å². The van der Waals surface area contributed by atoms with E-state index in [1.54, 1.807) is 63.4 Å². The molecule has 2 heterocycles. The number of methoxy groups -OCH3 is 1. The monoisotopic (exact) mass is 381 g/mol. The topological polar surface area (TPSA) is 100 Å². The van der Waals surface area contributed by atoms with E-state index in [0.717, 1.165) is 0 Å². The van der Waals surface area contributed by atoms with Crippen molar-refractivity contribution in [2.45, 2.75) is 20.4 Å². The molecule has 0 atom stereocenters. The Hall–Kier alpha value is -3.68. The van der Waals surface area contributed by atoms with E-state index < -0.39 is 4.92 Å². The summed E-state index contributed by atoms with van der Waals surface area (Å²) in [5.74, 6) is 1.61. The molecule has 0 aliphatic carbocycles. The zero-order valence-corrected chi connectivity index (χ0v) is 15.7. The first-order valence-electron chi connectivity index (χ1n) is 8.52. The van der Waals surface area contributed by atoms with Crippen molar-refractivity contribution in [1.82, 2.24) is 9.78 Å². The smallest absolute Gasteiger partial charge is 0.312 e. The number of ether oxygens (including phenoxy) is 1. The molecule has 2 aromatic heterocycles. The average molecular weight is 381 g/mol. The Kier molecular flexibility index (Phi) is 5.39. The van der Waals surface area contributed by atoms with Gasteiger partial charge in [0.15, 0.2) is 5.78 Å². The second kappa shape index (κ2) is 7.91. The fourth-order valence-corrected chi connectivity index (χ4v) is 2.83. The highest BCUT2D eigenvalue weighted by atomic mass is 16.6. The normalized spacial score (nSPS) is 11.1. The van der Waals surface area contributed by atoms with Gasteiger partial charge in [0, 0.05) is 5.56 Å². The third-order valence-electron chi connectivity index (χ3n) is 4.29. The number of carbonyl (C=O) groups excluding carboxylic acids is 1. The molecule has 0 amide bonds. The maximum Gasteiger partial charge on any atom is 0.312 e. The van der Waals surface area contributed by atoms with Crippen LogP contribution in [0.25, 0.3) is 6.08 Å². The molecule has 8 heteroatoms. The molecule has 28 heavy (non-hydrogen) atoms. The van der Waals surface area contributed by atoms with E-state index >= 15 is 0 Å². The molecule has 0 bridgehead atoms. The van der Waals surface area contributed by atoms with Gasteiger partial charge >= 0.3 is 5.69 Å². The first kappa shape index (κ1) is 19.1. The molecule has 0 saturated heterocycles. The van der Waals surface area contributed by atoms with Crippen molar-refractivity contribution < 1.29 is 18.9 Å². The van der Waals surface area contributed by atoms with Crippen molar-refractivity contribution in [1.29, 1.82) is 0 Å². The molecule has 3 aromatic rings. The summed E-state index contributed by atoms with van der Waals surface area (Å²) in [4.78, 5) is 22.9. The Balaban J connectivity index is 1.70. The maximum atomic E-state index is 12.2. The molecule has 8 nitrogen and oxygen atoms in total. The van der Waals surface area contributed by atoms with Gasteiger partial charge in [-0.1, -0.05) is 0 Å². The van der Waals surface area contributed by atoms with Crippen LogP contribution in [0.3, 0.4) is 0 Å². The number of ketones is 1. The maximum absolute atomic E-state index is 12.2. The van der Waals surface area contributed by atoms with Crippen LogP contribution in [0.2, 0.25) is 0 Å². The molecule has 0 radical (unpaired) electrons. The number of aryl methyl sites for hydroxylation is 1. The Morgan fingerprint density at radius 2 is 1.96 bits per heavy atom. The van der Waals surface area contributed by atoms with Gasteiger partial charge in [-0.25, -0.2) is 0 Å². The van der Waals surface area contributed by atoms with Gasteiger partial charge in [-0.15, -0.1) is 0 Å². The van der Waals surface area contributed by atoms with Crippen molar-refractivity contribution in [3.05, 3.63) is 81.1 Å². The van der Waals surface area contributed by atoms with Gasteiger partial charge in [0.2, 0.25) is 0 Å². The first-order chi connectivity index (χ1) is 13.4. The number of allylic oxidation sites excluding steroid dienone is 1. The summed E-state index contributed by atoms with van der Waals surface area (Å²) in [5, 5.41) is 15.3. The number of benzene rings is 1. The Morgan fingerprint density at radius 3 is 2.57 bits per heavy atom. The van der Waals surface area contributed by atoms with E-state index in [0.29, 0.717) is 34.2 Å². The van der Waals surface area contributed by atoms with Crippen molar-refractivity contribution in [3.63, 3.8) is 0 Å². The summed E-state index contributed by atoms with van der Waals surface area (Å²) >= 11 is 0. The van der Waals surface area contributed by atoms with E-state index in [1.165, 1.54) is 10.8 Å². The van der Waals surface area contributed by atoms with Gasteiger partial charge in [-0.3, -0.25) is 19.6 Å². The van der Waals surface area contributed by atoms with Crippen molar-refractivity contribution in [2.24, 2.45) is 0 Å². The zero-order chi connectivity index (χ0) is 20.3. The summed E-state index contributed by atoms with van der Waals surface area (Å²) in [6, 6.07) is 10.3. The molecular formula is C20H19N3O5. The van der Waals surface area contributed by atoms with Crippen LogP contribution in [0.15, 0.2) is 46.9 Å². The number of furan rings is 1. The Morgan fingerprint density at radius 1 is 1.25 bits per heavy atom. The highest BCUT2D eigenvalue weighted by molar-refractivity contribution is 6.06. The molecule has 1 aromatic carbocycles. The number of nitrogens with zero attached hydrogens (tertiary/aromatic N) is 3. The molecule has 0 N–H and O–H groups in total. The molecular weight excluding hydrogens is 362 g/mol. The summed E-state index contributed by atoms with van der Waals surface area (Å²) in [6.45, 7) is 3.51. The third kappa shape index (κ3) is 4.01. The second-order valence-electron chi connectivity index (χ2n) is 6.16. The highest BCUT2D eigenvalue weighted by Crippen LogP contribution is 2.23. The quantitative estimate of drug-likeness (QED) is 0.266. The van der Waals surface area contributed by atoms with Crippen LogP contribution in [0.4, 0.5) is 5.69 Å². The van der Waals surface area contributed by atoms with Crippen molar-refractivity contribution >= 4 is 17.5 Å². The van der Waals surface area contributed by atoms with Crippen LogP contribution in [0.1, 0.15) is 33.3 Å². The lowest BCUT2D eigenvalue weighted by Crippen LogP contribution is -2.03. The van der Waals surface area contributed by atoms with Gasteiger partial charge < -0.3 is 9.15 Å². The van der Waals surface area contributed by atoms with Gasteiger partial charge in [0.05, 0.1) is 18.6 Å². The molecule has 0 unspecified atom stereocenters. The lowest BCUT2D eigenvalue weighted by Gasteiger charge is -2.00. The van der Waals surface area contributed by atoms with Crippen molar-refractivity contribution in [3.8, 4) is 5.75 Å². The minimum absolute atomic E-state index is 0.0109. The summed E-state index contributed by atoms with van der Waals surface area (Å²) in [5.41, 5.74) is 1.38. The van der Waals surface area contributed by atoms with Crippen LogP contribution in [-0.4, -0.2) is 27.6 Å². The Bertz CT molecular complexity index is 1040. The number of aromatic nitrogens is 2. The van der Waals surface area contributed by atoms with Crippen LogP contribution in [0.5, 0.6) is 5.75 Å². The van der Waals surface area contributed by atoms with Gasteiger partial charge in [0.25, 0.3) is 0 Å². The second-order valence-corrected chi connectivity index (χ2v) is 6.16. The zero-order valence-electron chi connectivity index (χ0n) is 15.7. The first-order valence-corrected chi connectivity index (χ1v) is 8.52. The average Bonchev–Trinajstić information content (AvgIpc) is 3.23. The standard InChI is InChI=1S/C20H19N3O5/c1-13-20(23(25)26)14(2)22(21-13)12-18-9-8-17(28-18)10-11-19(24)15-4-6-16(27-3)7-5-15/h4-11H,12H2,1-3H3/b11-10+. The fourth-order valence-electron chi connectivity index (χ4n) is 2.83. The van der Waals surface area contributed by atoms with Crippen LogP contribution >= 0.6 is 0 Å². The van der Waals surface area contributed by atoms with E-state index in [4.69, 9.17) is 9.15 Å². The molecule has 0 aliphatic rings. The van der Waals surface area contributed by atoms with E-state index in [1.807, 2.05) is 0 Å². The molecule has 0 aliphatic heterocycles. The SMILES string of the molecule is COc1ccc(C(=O)/C=C/c2ccc(Cn3nc(C)c([N+](=O)[O-])c3C)o2)cc1. The number of rotatable bonds is 7. The fraction of sp³-hybridized carbons (Fsp3) is 0.200. The van der Waals surface area contributed by atoms with E-state index in [2.05, 4.69) is 5.10 Å². The van der Waals surface area contributed by atoms with Gasteiger partial charge in [-0.2, -0.15) is 5.10 Å². The summed E-state index contributed by atoms with van der Waals surface area (Å²) in [6.07, 6.45) is 3.01. The van der Waals surface area contributed by atoms with E-state index in [-0.39, 0.29) is 18.0 Å². The Labute approximate surface area is 161 Å². The van der Waals surface area contributed by atoms with E-state index in [9.17, 15) is 14.9 Å². The van der Waals surface area contributed by atoms with Gasteiger partial charge in [0.1, 0.15) is 28.7 Å². The molecule has 0 fully saturated rings. The minimum Gasteiger partial charge on any atom is -0.497 e. The highest BCUT2D eigenvalue weighted by Gasteiger charge is 2.22. The predicted molar refractivity (Wildman–Crippen MR) is 103 cm³/mol. The lowest BCUT2D eigenvalue weighted by molar-refractivity contribution is -0.386. The molecule has 0 saturated carbocycles. The number of nitro groups is 1. The predicted octanol–water partition coefficient (Wildman–Crippen LogP) is 3.95. The molecule has 3 rings (SSSR count). The third-order valence-corrected chi connectivity index (χ3v) is 4.29. The lowest BCUT2D eigenvalue weighted by atomic mass is 10.1. The number of hydrogen-bond donors (Lipinski definition) is 0. The molecule has 0 spiro atoms. The number of carbonyl (C=O) groups is 1.